The molecule has 0 aromatic carbocycles. The summed E-state index contributed by atoms with van der Waals surface area (Å²) in [6, 6.07) is 1.52. The van der Waals surface area contributed by atoms with E-state index in [0.717, 1.165) is 10.8 Å². The van der Waals surface area contributed by atoms with Crippen LogP contribution in [0.4, 0.5) is 0 Å². The molecular weight excluding hydrogens is 228 g/mol. The lowest BCUT2D eigenvalue weighted by atomic mass is 10.3. The fraction of sp³-hybridized carbons (Fsp3) is 0.111. The molecule has 88 valence electrons. The van der Waals surface area contributed by atoms with E-state index in [1.54, 1.807) is 13.2 Å². The molecule has 0 spiro atoms. The van der Waals surface area contributed by atoms with Gasteiger partial charge in [-0.1, -0.05) is 0 Å². The molecule has 0 aliphatic rings. The summed E-state index contributed by atoms with van der Waals surface area (Å²) in [6.07, 6.45) is 2.54. The number of carboxylic acid groups (broad SMARTS) is 1. The van der Waals surface area contributed by atoms with Crippen molar-refractivity contribution in [3.05, 3.63) is 44.9 Å². The zero-order chi connectivity index (χ0) is 12.6. The Morgan fingerprint density at radius 1 is 1.47 bits per heavy atom. The van der Waals surface area contributed by atoms with Crippen LogP contribution in [0, 0.1) is 0 Å². The Labute approximate surface area is 93.8 Å². The standard InChI is InChI=1S/C9H8N4O4/c1-12-3-2-6(11-12)13-4-5(8(15)16)7(14)10-9(13)17/h2-4H,1H3,(H,15,16)(H,10,14,17). The second-order valence-electron chi connectivity index (χ2n) is 3.32. The zero-order valence-corrected chi connectivity index (χ0v) is 8.75. The maximum Gasteiger partial charge on any atom is 0.342 e. The Morgan fingerprint density at radius 2 is 2.18 bits per heavy atom. The first-order valence-electron chi connectivity index (χ1n) is 4.58. The highest BCUT2D eigenvalue weighted by molar-refractivity contribution is 5.86. The fourth-order valence-electron chi connectivity index (χ4n) is 1.32. The molecule has 0 bridgehead atoms. The first kappa shape index (κ1) is 10.9. The molecule has 2 rings (SSSR count). The highest BCUT2D eigenvalue weighted by atomic mass is 16.4. The van der Waals surface area contributed by atoms with Crippen molar-refractivity contribution in [2.45, 2.75) is 0 Å². The van der Waals surface area contributed by atoms with Crippen molar-refractivity contribution in [2.75, 3.05) is 0 Å². The number of carbonyl (C=O) groups is 1. The molecule has 0 aliphatic heterocycles. The summed E-state index contributed by atoms with van der Waals surface area (Å²) in [4.78, 5) is 35.4. The second-order valence-corrected chi connectivity index (χ2v) is 3.32. The SMILES string of the molecule is Cn1ccc(-n2cc(C(=O)O)c(=O)[nH]c2=O)n1. The van der Waals surface area contributed by atoms with E-state index in [0.29, 0.717) is 0 Å². The van der Waals surface area contributed by atoms with E-state index in [2.05, 4.69) is 5.10 Å². The Hall–Kier alpha value is -2.64. The summed E-state index contributed by atoms with van der Waals surface area (Å²) >= 11 is 0. The number of nitrogens with one attached hydrogen (secondary N) is 1. The molecule has 0 saturated carbocycles. The van der Waals surface area contributed by atoms with E-state index >= 15 is 0 Å². The van der Waals surface area contributed by atoms with Gasteiger partial charge in [-0.3, -0.25) is 19.0 Å². The molecule has 0 aliphatic carbocycles. The lowest BCUT2D eigenvalue weighted by Crippen LogP contribution is -2.32. The van der Waals surface area contributed by atoms with Gasteiger partial charge in [-0.2, -0.15) is 5.10 Å². The number of hydrogen-bond donors (Lipinski definition) is 2. The van der Waals surface area contributed by atoms with E-state index in [1.807, 2.05) is 4.98 Å². The van der Waals surface area contributed by atoms with Crippen molar-refractivity contribution >= 4 is 5.97 Å². The van der Waals surface area contributed by atoms with E-state index < -0.39 is 22.8 Å². The topological polar surface area (TPSA) is 110 Å². The summed E-state index contributed by atoms with van der Waals surface area (Å²) < 4.78 is 2.41. The number of aromatic carboxylic acids is 1. The second kappa shape index (κ2) is 3.74. The van der Waals surface area contributed by atoms with Gasteiger partial charge < -0.3 is 5.11 Å². The molecule has 0 unspecified atom stereocenters. The smallest absolute Gasteiger partial charge is 0.342 e. The molecule has 0 amide bonds. The highest BCUT2D eigenvalue weighted by Gasteiger charge is 2.13. The lowest BCUT2D eigenvalue weighted by molar-refractivity contribution is 0.0694. The van der Waals surface area contributed by atoms with Crippen LogP contribution >= 0.6 is 0 Å². The van der Waals surface area contributed by atoms with Gasteiger partial charge in [0.05, 0.1) is 0 Å². The van der Waals surface area contributed by atoms with Crippen LogP contribution in [0.5, 0.6) is 0 Å². The van der Waals surface area contributed by atoms with Crippen LogP contribution in [-0.4, -0.2) is 30.4 Å². The van der Waals surface area contributed by atoms with Gasteiger partial charge in [-0.15, -0.1) is 0 Å². The van der Waals surface area contributed by atoms with Crippen LogP contribution in [0.3, 0.4) is 0 Å². The fourth-order valence-corrected chi connectivity index (χ4v) is 1.32. The Balaban J connectivity index is 2.71. The van der Waals surface area contributed by atoms with Crippen molar-refractivity contribution in [1.82, 2.24) is 19.3 Å². The third-order valence-corrected chi connectivity index (χ3v) is 2.12. The third-order valence-electron chi connectivity index (χ3n) is 2.12. The molecule has 2 heterocycles. The van der Waals surface area contributed by atoms with Gasteiger partial charge in [0.15, 0.2) is 5.82 Å². The van der Waals surface area contributed by atoms with Crippen molar-refractivity contribution in [3.8, 4) is 5.82 Å². The minimum Gasteiger partial charge on any atom is -0.477 e. The van der Waals surface area contributed by atoms with E-state index in [1.165, 1.54) is 10.7 Å². The van der Waals surface area contributed by atoms with Gasteiger partial charge in [0.1, 0.15) is 5.56 Å². The number of carboxylic acids is 1. The van der Waals surface area contributed by atoms with E-state index in [9.17, 15) is 14.4 Å². The van der Waals surface area contributed by atoms with Crippen LogP contribution in [0.1, 0.15) is 10.4 Å². The van der Waals surface area contributed by atoms with Gasteiger partial charge in [0, 0.05) is 25.5 Å². The maximum absolute atomic E-state index is 11.5. The normalized spacial score (nSPS) is 10.4. The molecule has 2 N–H and O–H groups in total. The number of hydrogen-bond acceptors (Lipinski definition) is 4. The first-order valence-corrected chi connectivity index (χ1v) is 4.58. The average molecular weight is 236 g/mol. The number of H-pyrrole nitrogens is 1. The predicted octanol–water partition coefficient (Wildman–Crippen LogP) is -1.04. The molecule has 8 nitrogen and oxygen atoms in total. The summed E-state index contributed by atoms with van der Waals surface area (Å²) in [5, 5.41) is 12.7. The molecule has 0 saturated heterocycles. The Kier molecular flexibility index (Phi) is 2.39. The van der Waals surface area contributed by atoms with E-state index in [-0.39, 0.29) is 5.82 Å². The summed E-state index contributed by atoms with van der Waals surface area (Å²) in [5.74, 6) is -1.17. The molecule has 0 fully saturated rings. The summed E-state index contributed by atoms with van der Waals surface area (Å²) in [6.45, 7) is 0. The highest BCUT2D eigenvalue weighted by Crippen LogP contribution is 1.99. The van der Waals surface area contributed by atoms with Crippen LogP contribution in [0.15, 0.2) is 28.0 Å². The monoisotopic (exact) mass is 236 g/mol. The summed E-state index contributed by atoms with van der Waals surface area (Å²) in [5.41, 5.74) is -2.19. The Bertz CT molecular complexity index is 694. The van der Waals surface area contributed by atoms with Gasteiger partial charge in [0.2, 0.25) is 0 Å². The predicted molar refractivity (Wildman–Crippen MR) is 56.4 cm³/mol. The Morgan fingerprint density at radius 3 is 2.71 bits per heavy atom. The minimum absolute atomic E-state index is 0.233. The summed E-state index contributed by atoms with van der Waals surface area (Å²) in [7, 11) is 1.65. The van der Waals surface area contributed by atoms with Gasteiger partial charge >= 0.3 is 11.7 Å². The maximum atomic E-state index is 11.5. The number of nitrogens with zero attached hydrogens (tertiary/aromatic N) is 3. The van der Waals surface area contributed by atoms with Crippen molar-refractivity contribution in [2.24, 2.45) is 7.05 Å². The van der Waals surface area contributed by atoms with Crippen LogP contribution < -0.4 is 11.2 Å². The molecule has 17 heavy (non-hydrogen) atoms. The molecule has 0 radical (unpaired) electrons. The molecular formula is C9H8N4O4. The number of aromatic nitrogens is 4. The number of rotatable bonds is 2. The van der Waals surface area contributed by atoms with Gasteiger partial charge in [-0.05, 0) is 0 Å². The minimum atomic E-state index is -1.41. The average Bonchev–Trinajstić information content (AvgIpc) is 2.64. The molecule has 0 atom stereocenters. The molecule has 2 aromatic heterocycles. The van der Waals surface area contributed by atoms with Crippen molar-refractivity contribution in [1.29, 1.82) is 0 Å². The zero-order valence-electron chi connectivity index (χ0n) is 8.75. The van der Waals surface area contributed by atoms with Crippen molar-refractivity contribution < 1.29 is 9.90 Å². The van der Waals surface area contributed by atoms with E-state index in [4.69, 9.17) is 5.11 Å². The van der Waals surface area contributed by atoms with Gasteiger partial charge in [0.25, 0.3) is 5.56 Å². The largest absolute Gasteiger partial charge is 0.477 e. The quantitative estimate of drug-likeness (QED) is 0.691. The van der Waals surface area contributed by atoms with Crippen molar-refractivity contribution in [3.63, 3.8) is 0 Å². The van der Waals surface area contributed by atoms with Crippen LogP contribution in [-0.2, 0) is 7.05 Å². The number of aryl methyl sites for hydroxylation is 1. The molecule has 2 aromatic rings. The van der Waals surface area contributed by atoms with Crippen LogP contribution in [0.2, 0.25) is 0 Å². The lowest BCUT2D eigenvalue weighted by Gasteiger charge is -2.01. The third kappa shape index (κ3) is 1.87. The first-order chi connectivity index (χ1) is 7.99. The van der Waals surface area contributed by atoms with Crippen LogP contribution in [0.25, 0.3) is 5.82 Å². The molecule has 8 heteroatoms. The number of aromatic amines is 1. The van der Waals surface area contributed by atoms with Gasteiger partial charge in [-0.25, -0.2) is 9.59 Å².